The van der Waals surface area contributed by atoms with Crippen molar-refractivity contribution in [1.82, 2.24) is 24.5 Å². The number of nitrogens with one attached hydrogen (secondary N) is 1. The number of fused-ring (bicyclic) bond motifs is 5. The second kappa shape index (κ2) is 9.12. The number of aryl methyl sites for hydroxylation is 1. The summed E-state index contributed by atoms with van der Waals surface area (Å²) in [6.07, 6.45) is 6.17. The fourth-order valence-electron chi connectivity index (χ4n) is 5.85. The first-order valence-corrected chi connectivity index (χ1v) is 13.2. The van der Waals surface area contributed by atoms with Crippen LogP contribution in [0.15, 0.2) is 34.2 Å². The molecule has 1 amide bonds. The average molecular weight is 468 g/mol. The van der Waals surface area contributed by atoms with Crippen molar-refractivity contribution in [3.63, 3.8) is 0 Å². The van der Waals surface area contributed by atoms with Gasteiger partial charge in [0.2, 0.25) is 11.7 Å². The maximum absolute atomic E-state index is 13.1. The molecule has 33 heavy (non-hydrogen) atoms. The Bertz CT molecular complexity index is 1230. The summed E-state index contributed by atoms with van der Waals surface area (Å²) in [6, 6.07) is 7.77. The summed E-state index contributed by atoms with van der Waals surface area (Å²) in [5.74, 6) is 3.60. The van der Waals surface area contributed by atoms with Gasteiger partial charge in [-0.15, -0.1) is 10.2 Å². The Morgan fingerprint density at radius 3 is 2.73 bits per heavy atom. The first-order chi connectivity index (χ1) is 15.9. The molecule has 8 heteroatoms. The highest BCUT2D eigenvalue weighted by atomic mass is 32.2. The van der Waals surface area contributed by atoms with E-state index in [2.05, 4.69) is 36.3 Å². The first kappa shape index (κ1) is 22.4. The standard InChI is InChI=1S/C25H33N5O2S/c1-15(2)10-11-29-23(32)19-6-4-5-7-21(19)30-24(29)27-28-25(30)33-14-22(31)26-16(3)20-13-17-8-9-18(20)12-17/h4-7,15-18,20H,8-14H2,1-3H3,(H,26,31). The lowest BCUT2D eigenvalue weighted by atomic mass is 9.84. The van der Waals surface area contributed by atoms with Gasteiger partial charge in [-0.25, -0.2) is 0 Å². The second-order valence-electron chi connectivity index (χ2n) is 10.3. The lowest BCUT2D eigenvalue weighted by Crippen LogP contribution is -2.40. The number of nitrogens with zero attached hydrogens (tertiary/aromatic N) is 4. The predicted molar refractivity (Wildman–Crippen MR) is 131 cm³/mol. The van der Waals surface area contributed by atoms with Gasteiger partial charge in [0, 0.05) is 12.6 Å². The van der Waals surface area contributed by atoms with E-state index in [1.165, 1.54) is 37.4 Å². The number of carbonyl (C=O) groups is 1. The average Bonchev–Trinajstić information content (AvgIpc) is 3.53. The minimum Gasteiger partial charge on any atom is -0.353 e. The highest BCUT2D eigenvalue weighted by Crippen LogP contribution is 2.49. The molecule has 0 saturated heterocycles. The van der Waals surface area contributed by atoms with Gasteiger partial charge < -0.3 is 5.32 Å². The van der Waals surface area contributed by atoms with Crippen LogP contribution in [0, 0.1) is 23.7 Å². The molecule has 2 aromatic heterocycles. The maximum Gasteiger partial charge on any atom is 0.262 e. The van der Waals surface area contributed by atoms with Crippen LogP contribution in [-0.2, 0) is 11.3 Å². The smallest absolute Gasteiger partial charge is 0.262 e. The van der Waals surface area contributed by atoms with Crippen molar-refractivity contribution >= 4 is 34.3 Å². The van der Waals surface area contributed by atoms with Crippen LogP contribution in [0.1, 0.15) is 52.9 Å². The SMILES string of the molecule is CC(C)CCn1c(=O)c2ccccc2n2c(SCC(=O)NC(C)C3CC4CCC3C4)nnc12. The molecule has 2 fully saturated rings. The molecule has 176 valence electrons. The molecule has 1 aromatic carbocycles. The van der Waals surface area contributed by atoms with Gasteiger partial charge in [-0.3, -0.25) is 18.6 Å². The number of rotatable bonds is 8. The van der Waals surface area contributed by atoms with E-state index in [-0.39, 0.29) is 23.3 Å². The van der Waals surface area contributed by atoms with Crippen LogP contribution >= 0.6 is 11.8 Å². The number of para-hydroxylation sites is 1. The van der Waals surface area contributed by atoms with Gasteiger partial charge in [0.25, 0.3) is 5.56 Å². The number of benzene rings is 1. The monoisotopic (exact) mass is 467 g/mol. The van der Waals surface area contributed by atoms with Gasteiger partial charge in [0.1, 0.15) is 0 Å². The van der Waals surface area contributed by atoms with Gasteiger partial charge in [-0.1, -0.05) is 44.2 Å². The summed E-state index contributed by atoms with van der Waals surface area (Å²) < 4.78 is 3.64. The zero-order valence-corrected chi connectivity index (χ0v) is 20.5. The van der Waals surface area contributed by atoms with Crippen molar-refractivity contribution in [3.8, 4) is 0 Å². The summed E-state index contributed by atoms with van der Waals surface area (Å²) in [5, 5.41) is 13.2. The van der Waals surface area contributed by atoms with E-state index in [0.717, 1.165) is 23.8 Å². The summed E-state index contributed by atoms with van der Waals surface area (Å²) in [5.41, 5.74) is 0.738. The van der Waals surface area contributed by atoms with E-state index >= 15 is 0 Å². The minimum atomic E-state index is -0.0415. The molecule has 2 aliphatic rings. The van der Waals surface area contributed by atoms with Crippen molar-refractivity contribution in [2.24, 2.45) is 23.7 Å². The number of hydrogen-bond donors (Lipinski definition) is 1. The lowest BCUT2D eigenvalue weighted by Gasteiger charge is -2.28. The van der Waals surface area contributed by atoms with Gasteiger partial charge in [-0.2, -0.15) is 0 Å². The molecule has 2 aliphatic carbocycles. The van der Waals surface area contributed by atoms with Crippen LogP contribution in [0.4, 0.5) is 0 Å². The zero-order valence-electron chi connectivity index (χ0n) is 19.7. The molecule has 3 aromatic rings. The molecule has 2 bridgehead atoms. The van der Waals surface area contributed by atoms with Gasteiger partial charge in [0.15, 0.2) is 5.16 Å². The second-order valence-corrected chi connectivity index (χ2v) is 11.2. The van der Waals surface area contributed by atoms with Crippen molar-refractivity contribution in [1.29, 1.82) is 0 Å². The lowest BCUT2D eigenvalue weighted by molar-refractivity contribution is -0.119. The van der Waals surface area contributed by atoms with Crippen LogP contribution < -0.4 is 10.9 Å². The Morgan fingerprint density at radius 2 is 2.00 bits per heavy atom. The van der Waals surface area contributed by atoms with E-state index in [4.69, 9.17) is 0 Å². The first-order valence-electron chi connectivity index (χ1n) is 12.2. The van der Waals surface area contributed by atoms with E-state index in [0.29, 0.717) is 34.7 Å². The van der Waals surface area contributed by atoms with Crippen molar-refractivity contribution in [2.45, 2.75) is 70.6 Å². The Balaban J connectivity index is 1.36. The number of amides is 1. The van der Waals surface area contributed by atoms with Gasteiger partial charge >= 0.3 is 0 Å². The minimum absolute atomic E-state index is 0.0319. The Morgan fingerprint density at radius 1 is 1.18 bits per heavy atom. The Labute approximate surface area is 198 Å². The Kier molecular flexibility index (Phi) is 6.20. The molecule has 2 saturated carbocycles. The third kappa shape index (κ3) is 4.29. The molecule has 4 atom stereocenters. The van der Waals surface area contributed by atoms with Gasteiger partial charge in [0.05, 0.1) is 16.7 Å². The molecule has 7 nitrogen and oxygen atoms in total. The topological polar surface area (TPSA) is 81.3 Å². The predicted octanol–water partition coefficient (Wildman–Crippen LogP) is 4.12. The largest absolute Gasteiger partial charge is 0.353 e. The number of carbonyl (C=O) groups excluding carboxylic acids is 1. The maximum atomic E-state index is 13.1. The van der Waals surface area contributed by atoms with Crippen LogP contribution in [0.3, 0.4) is 0 Å². The zero-order chi connectivity index (χ0) is 23.1. The third-order valence-electron chi connectivity index (χ3n) is 7.56. The summed E-state index contributed by atoms with van der Waals surface area (Å²) >= 11 is 1.38. The molecule has 2 heterocycles. The van der Waals surface area contributed by atoms with Crippen LogP contribution in [0.2, 0.25) is 0 Å². The highest BCUT2D eigenvalue weighted by molar-refractivity contribution is 7.99. The van der Waals surface area contributed by atoms with Crippen LogP contribution in [-0.4, -0.2) is 36.9 Å². The molecule has 0 radical (unpaired) electrons. The molecular formula is C25H33N5O2S. The van der Waals surface area contributed by atoms with Crippen molar-refractivity contribution in [2.75, 3.05) is 5.75 Å². The molecule has 0 spiro atoms. The quantitative estimate of drug-likeness (QED) is 0.504. The summed E-state index contributed by atoms with van der Waals surface area (Å²) in [7, 11) is 0. The van der Waals surface area contributed by atoms with Crippen LogP contribution in [0.5, 0.6) is 0 Å². The van der Waals surface area contributed by atoms with Crippen molar-refractivity contribution in [3.05, 3.63) is 34.6 Å². The van der Waals surface area contributed by atoms with E-state index in [1.807, 2.05) is 28.7 Å². The van der Waals surface area contributed by atoms with E-state index in [9.17, 15) is 9.59 Å². The number of thioether (sulfide) groups is 1. The molecule has 1 N–H and O–H groups in total. The summed E-state index contributed by atoms with van der Waals surface area (Å²) in [4.78, 5) is 25.9. The molecule has 4 unspecified atom stereocenters. The fourth-order valence-corrected chi connectivity index (χ4v) is 6.61. The number of hydrogen-bond acceptors (Lipinski definition) is 5. The van der Waals surface area contributed by atoms with E-state index in [1.54, 1.807) is 4.57 Å². The van der Waals surface area contributed by atoms with Crippen molar-refractivity contribution < 1.29 is 4.79 Å². The van der Waals surface area contributed by atoms with Crippen LogP contribution in [0.25, 0.3) is 16.7 Å². The Hall–Kier alpha value is -2.35. The van der Waals surface area contributed by atoms with Gasteiger partial charge in [-0.05, 0) is 68.4 Å². The molecule has 5 rings (SSSR count). The number of aromatic nitrogens is 4. The highest BCUT2D eigenvalue weighted by Gasteiger charge is 2.42. The van der Waals surface area contributed by atoms with E-state index < -0.39 is 0 Å². The summed E-state index contributed by atoms with van der Waals surface area (Å²) in [6.45, 7) is 7.03. The third-order valence-corrected chi connectivity index (χ3v) is 8.49. The fraction of sp³-hybridized carbons (Fsp3) is 0.600. The molecular weight excluding hydrogens is 434 g/mol. The normalized spacial score (nSPS) is 23.1. The molecule has 0 aliphatic heterocycles.